The van der Waals surface area contributed by atoms with Gasteiger partial charge in [-0.3, -0.25) is 10.0 Å². The van der Waals surface area contributed by atoms with E-state index in [4.69, 9.17) is 4.74 Å². The molecule has 1 amide bonds. The Hall–Kier alpha value is -2.59. The van der Waals surface area contributed by atoms with Crippen molar-refractivity contribution in [1.29, 1.82) is 0 Å². The Morgan fingerprint density at radius 3 is 2.50 bits per heavy atom. The zero-order valence-electron chi connectivity index (χ0n) is 12.6. The molecule has 4 heteroatoms. The minimum atomic E-state index is -0.392. The molecule has 0 saturated heterocycles. The molecule has 22 heavy (non-hydrogen) atoms. The van der Waals surface area contributed by atoms with Gasteiger partial charge in [0.15, 0.2) is 0 Å². The summed E-state index contributed by atoms with van der Waals surface area (Å²) in [5.74, 6) is 1.11. The molecule has 1 unspecified atom stereocenters. The van der Waals surface area contributed by atoms with Crippen LogP contribution >= 0.6 is 0 Å². The van der Waals surface area contributed by atoms with Crippen molar-refractivity contribution in [1.82, 2.24) is 5.06 Å². The van der Waals surface area contributed by atoms with Gasteiger partial charge in [-0.15, -0.1) is 0 Å². The third-order valence-corrected chi connectivity index (χ3v) is 3.11. The first-order chi connectivity index (χ1) is 10.6. The Kier molecular flexibility index (Phi) is 5.33. The molecule has 4 nitrogen and oxygen atoms in total. The monoisotopic (exact) mass is 297 g/mol. The summed E-state index contributed by atoms with van der Waals surface area (Å²) < 4.78 is 5.76. The lowest BCUT2D eigenvalue weighted by Gasteiger charge is -2.17. The van der Waals surface area contributed by atoms with Crippen LogP contribution < -0.4 is 4.74 Å². The summed E-state index contributed by atoms with van der Waals surface area (Å²) in [6.45, 7) is 3.06. The van der Waals surface area contributed by atoms with E-state index in [2.05, 4.69) is 0 Å². The number of hydroxylamine groups is 2. The molecule has 0 spiro atoms. The molecule has 2 aromatic rings. The van der Waals surface area contributed by atoms with E-state index in [1.54, 1.807) is 13.0 Å². The fourth-order valence-electron chi connectivity index (χ4n) is 1.92. The van der Waals surface area contributed by atoms with Crippen LogP contribution in [0.1, 0.15) is 19.4 Å². The van der Waals surface area contributed by atoms with Crippen LogP contribution in [-0.2, 0) is 4.79 Å². The Labute approximate surface area is 130 Å². The zero-order valence-corrected chi connectivity index (χ0v) is 12.6. The summed E-state index contributed by atoms with van der Waals surface area (Å²) in [4.78, 5) is 11.1. The molecule has 0 bridgehead atoms. The number of para-hydroxylation sites is 1. The minimum Gasteiger partial charge on any atom is -0.457 e. The normalized spacial score (nSPS) is 12.1. The molecule has 1 atom stereocenters. The van der Waals surface area contributed by atoms with E-state index in [-0.39, 0.29) is 0 Å². The lowest BCUT2D eigenvalue weighted by molar-refractivity contribution is -0.167. The van der Waals surface area contributed by atoms with Crippen molar-refractivity contribution in [3.63, 3.8) is 0 Å². The van der Waals surface area contributed by atoms with E-state index >= 15 is 0 Å². The van der Waals surface area contributed by atoms with Crippen molar-refractivity contribution in [3.05, 3.63) is 66.2 Å². The number of hydrogen-bond acceptors (Lipinski definition) is 3. The maximum absolute atomic E-state index is 11.1. The van der Waals surface area contributed by atoms with Crippen molar-refractivity contribution < 1.29 is 14.7 Å². The number of ether oxygens (including phenoxy) is 1. The molecule has 114 valence electrons. The van der Waals surface area contributed by atoms with Crippen molar-refractivity contribution in [2.75, 3.05) is 0 Å². The van der Waals surface area contributed by atoms with E-state index in [1.807, 2.05) is 60.7 Å². The van der Waals surface area contributed by atoms with Crippen molar-refractivity contribution in [3.8, 4) is 11.5 Å². The highest BCUT2D eigenvalue weighted by atomic mass is 16.5. The first-order valence-corrected chi connectivity index (χ1v) is 7.06. The topological polar surface area (TPSA) is 49.8 Å². The smallest absolute Gasteiger partial charge is 0.243 e. The maximum Gasteiger partial charge on any atom is 0.243 e. The summed E-state index contributed by atoms with van der Waals surface area (Å²) in [5.41, 5.74) is 0.928. The molecule has 1 N–H and O–H groups in total. The Bertz CT molecular complexity index is 652. The number of carbonyl (C=O) groups excluding carboxylic acids is 1. The summed E-state index contributed by atoms with van der Waals surface area (Å²) in [7, 11) is 0. The minimum absolute atomic E-state index is 0.390. The van der Waals surface area contributed by atoms with Gasteiger partial charge in [-0.1, -0.05) is 42.5 Å². The lowest BCUT2D eigenvalue weighted by atomic mass is 10.1. The molecule has 0 aliphatic rings. The van der Waals surface area contributed by atoms with Gasteiger partial charge in [-0.25, -0.2) is 5.06 Å². The van der Waals surface area contributed by atoms with E-state index in [1.165, 1.54) is 6.92 Å². The molecule has 0 heterocycles. The molecular formula is C18H19NO3. The molecule has 0 radical (unpaired) electrons. The van der Waals surface area contributed by atoms with Crippen LogP contribution in [0, 0.1) is 0 Å². The summed E-state index contributed by atoms with van der Waals surface area (Å²) in [5, 5.41) is 10.2. The van der Waals surface area contributed by atoms with Gasteiger partial charge in [0.05, 0.1) is 6.04 Å². The first kappa shape index (κ1) is 15.8. The standard InChI is InChI=1S/C18H19NO3/c1-14(19(21)15(2)20)11-12-16-7-6-10-18(13-16)22-17-8-4-3-5-9-17/h3-14,21H,1-2H3/b12-11+. The van der Waals surface area contributed by atoms with Gasteiger partial charge in [0.1, 0.15) is 11.5 Å². The third-order valence-electron chi connectivity index (χ3n) is 3.11. The van der Waals surface area contributed by atoms with Gasteiger partial charge in [0, 0.05) is 6.92 Å². The van der Waals surface area contributed by atoms with E-state index in [9.17, 15) is 10.0 Å². The van der Waals surface area contributed by atoms with Crippen LogP contribution in [0.3, 0.4) is 0 Å². The fraction of sp³-hybridized carbons (Fsp3) is 0.167. The van der Waals surface area contributed by atoms with Gasteiger partial charge in [0.2, 0.25) is 5.91 Å². The van der Waals surface area contributed by atoms with Gasteiger partial charge in [0.25, 0.3) is 0 Å². The lowest BCUT2D eigenvalue weighted by Crippen LogP contribution is -2.32. The van der Waals surface area contributed by atoms with E-state index in [0.717, 1.165) is 17.1 Å². The number of hydrogen-bond donors (Lipinski definition) is 1. The summed E-state index contributed by atoms with van der Waals surface area (Å²) >= 11 is 0. The van der Waals surface area contributed by atoms with Gasteiger partial charge < -0.3 is 4.74 Å². The predicted molar refractivity (Wildman–Crippen MR) is 85.8 cm³/mol. The first-order valence-electron chi connectivity index (χ1n) is 7.06. The third kappa shape index (κ3) is 4.46. The number of carbonyl (C=O) groups is 1. The molecule has 2 rings (SSSR count). The number of benzene rings is 2. The van der Waals surface area contributed by atoms with Crippen LogP contribution in [0.5, 0.6) is 11.5 Å². The second kappa shape index (κ2) is 7.43. The number of nitrogens with zero attached hydrogens (tertiary/aromatic N) is 1. The quantitative estimate of drug-likeness (QED) is 0.667. The van der Waals surface area contributed by atoms with E-state index in [0.29, 0.717) is 5.06 Å². The maximum atomic E-state index is 11.1. The second-order valence-corrected chi connectivity index (χ2v) is 4.95. The van der Waals surface area contributed by atoms with Crippen LogP contribution in [0.2, 0.25) is 0 Å². The van der Waals surface area contributed by atoms with Gasteiger partial charge in [-0.05, 0) is 36.8 Å². The van der Waals surface area contributed by atoms with Crippen molar-refractivity contribution in [2.45, 2.75) is 19.9 Å². The van der Waals surface area contributed by atoms with Crippen LogP contribution in [0.25, 0.3) is 6.08 Å². The second-order valence-electron chi connectivity index (χ2n) is 4.95. The summed E-state index contributed by atoms with van der Waals surface area (Å²) in [6, 6.07) is 16.7. The van der Waals surface area contributed by atoms with Crippen LogP contribution in [0.4, 0.5) is 0 Å². The molecular weight excluding hydrogens is 278 g/mol. The van der Waals surface area contributed by atoms with Gasteiger partial charge >= 0.3 is 0 Å². The number of amides is 1. The van der Waals surface area contributed by atoms with Crippen LogP contribution in [-0.4, -0.2) is 22.2 Å². The largest absolute Gasteiger partial charge is 0.457 e. The molecule has 0 fully saturated rings. The van der Waals surface area contributed by atoms with Crippen molar-refractivity contribution >= 4 is 12.0 Å². The average molecular weight is 297 g/mol. The molecule has 0 aliphatic heterocycles. The Balaban J connectivity index is 2.07. The van der Waals surface area contributed by atoms with Crippen LogP contribution in [0.15, 0.2) is 60.7 Å². The van der Waals surface area contributed by atoms with E-state index < -0.39 is 11.9 Å². The highest BCUT2D eigenvalue weighted by Gasteiger charge is 2.10. The van der Waals surface area contributed by atoms with Crippen molar-refractivity contribution in [2.24, 2.45) is 0 Å². The average Bonchev–Trinajstić information content (AvgIpc) is 2.53. The molecule has 2 aromatic carbocycles. The highest BCUT2D eigenvalue weighted by Crippen LogP contribution is 2.22. The summed E-state index contributed by atoms with van der Waals surface area (Å²) in [6.07, 6.45) is 3.59. The molecule has 0 saturated carbocycles. The fourth-order valence-corrected chi connectivity index (χ4v) is 1.92. The Morgan fingerprint density at radius 2 is 1.82 bits per heavy atom. The van der Waals surface area contributed by atoms with Gasteiger partial charge in [-0.2, -0.15) is 0 Å². The highest BCUT2D eigenvalue weighted by molar-refractivity contribution is 5.72. The predicted octanol–water partition coefficient (Wildman–Crippen LogP) is 4.12. The molecule has 0 aliphatic carbocycles. The SMILES string of the molecule is CC(=O)N(O)C(C)/C=C/c1cccc(Oc2ccccc2)c1. The number of rotatable bonds is 5. The zero-order chi connectivity index (χ0) is 15.9. The Morgan fingerprint density at radius 1 is 1.14 bits per heavy atom. The molecule has 0 aromatic heterocycles.